The maximum absolute atomic E-state index is 13.1. The zero-order chi connectivity index (χ0) is 21.7. The van der Waals surface area contributed by atoms with Crippen LogP contribution in [-0.4, -0.2) is 58.1 Å². The number of ether oxygens (including phenoxy) is 3. The largest absolute Gasteiger partial charge is 0.495 e. The molecule has 2 aromatic carbocycles. The summed E-state index contributed by atoms with van der Waals surface area (Å²) in [5.41, 5.74) is 1.36. The Morgan fingerprint density at radius 3 is 2.57 bits per heavy atom. The molecule has 0 bridgehead atoms. The lowest BCUT2D eigenvalue weighted by Crippen LogP contribution is -2.40. The van der Waals surface area contributed by atoms with Crippen LogP contribution in [0.25, 0.3) is 0 Å². The number of nitrogens with zero attached hydrogens (tertiary/aromatic N) is 1. The Kier molecular flexibility index (Phi) is 6.96. The van der Waals surface area contributed by atoms with Crippen LogP contribution in [0.15, 0.2) is 47.4 Å². The minimum Gasteiger partial charge on any atom is -0.495 e. The molecule has 2 aromatic rings. The van der Waals surface area contributed by atoms with Crippen LogP contribution in [-0.2, 0) is 19.6 Å². The molecule has 0 saturated carbocycles. The van der Waals surface area contributed by atoms with E-state index in [9.17, 15) is 13.2 Å². The average Bonchev–Trinajstić information content (AvgIpc) is 2.74. The van der Waals surface area contributed by atoms with E-state index in [2.05, 4.69) is 5.32 Å². The number of hydrogen-bond donors (Lipinski definition) is 1. The van der Waals surface area contributed by atoms with E-state index < -0.39 is 22.0 Å². The van der Waals surface area contributed by atoms with Crippen molar-refractivity contribution in [1.82, 2.24) is 4.31 Å². The topological polar surface area (TPSA) is 94.2 Å². The molecule has 9 heteroatoms. The molecule has 1 atom stereocenters. The highest BCUT2D eigenvalue weighted by Gasteiger charge is 2.30. The Balaban J connectivity index is 1.78. The van der Waals surface area contributed by atoms with Crippen LogP contribution in [0.4, 0.5) is 5.69 Å². The van der Waals surface area contributed by atoms with Gasteiger partial charge in [0.1, 0.15) is 16.4 Å². The number of amides is 1. The first-order valence-corrected chi connectivity index (χ1v) is 11.1. The molecule has 1 fully saturated rings. The molecule has 1 heterocycles. The molecule has 0 spiro atoms. The number of aryl methyl sites for hydroxylation is 1. The molecule has 162 valence electrons. The van der Waals surface area contributed by atoms with E-state index in [1.54, 1.807) is 19.1 Å². The summed E-state index contributed by atoms with van der Waals surface area (Å²) in [5.74, 6) is 0.405. The number of carbonyl (C=O) groups is 1. The number of morpholine rings is 1. The van der Waals surface area contributed by atoms with E-state index in [1.807, 2.05) is 25.1 Å². The summed E-state index contributed by atoms with van der Waals surface area (Å²) in [7, 11) is -2.38. The minimum absolute atomic E-state index is 0.00282. The van der Waals surface area contributed by atoms with E-state index in [1.165, 1.54) is 23.5 Å². The Morgan fingerprint density at radius 1 is 1.17 bits per heavy atom. The smallest absolute Gasteiger partial charge is 0.265 e. The summed E-state index contributed by atoms with van der Waals surface area (Å²) >= 11 is 0. The van der Waals surface area contributed by atoms with Crippen molar-refractivity contribution >= 4 is 21.6 Å². The van der Waals surface area contributed by atoms with Crippen LogP contribution in [0.1, 0.15) is 12.5 Å². The SMILES string of the molecule is COc1ccc(NC(=O)[C@H](C)Oc2cccc(C)c2)cc1S(=O)(=O)N1CCOCC1. The highest BCUT2D eigenvalue weighted by atomic mass is 32.2. The quantitative estimate of drug-likeness (QED) is 0.719. The second-order valence-corrected chi connectivity index (χ2v) is 8.85. The fraction of sp³-hybridized carbons (Fsp3) is 0.381. The van der Waals surface area contributed by atoms with Crippen molar-refractivity contribution in [2.24, 2.45) is 0 Å². The van der Waals surface area contributed by atoms with E-state index in [4.69, 9.17) is 14.2 Å². The van der Waals surface area contributed by atoms with Crippen molar-refractivity contribution in [1.29, 1.82) is 0 Å². The fourth-order valence-corrected chi connectivity index (χ4v) is 4.66. The zero-order valence-electron chi connectivity index (χ0n) is 17.3. The van der Waals surface area contributed by atoms with Gasteiger partial charge in [-0.2, -0.15) is 4.31 Å². The summed E-state index contributed by atoms with van der Waals surface area (Å²) in [5, 5.41) is 2.72. The molecule has 1 saturated heterocycles. The number of anilines is 1. The second-order valence-electron chi connectivity index (χ2n) is 6.95. The Labute approximate surface area is 176 Å². The molecule has 8 nitrogen and oxygen atoms in total. The third-order valence-electron chi connectivity index (χ3n) is 4.69. The molecular weight excluding hydrogens is 408 g/mol. The molecule has 0 unspecified atom stereocenters. The maximum atomic E-state index is 13.1. The second kappa shape index (κ2) is 9.46. The predicted molar refractivity (Wildman–Crippen MR) is 112 cm³/mol. The highest BCUT2D eigenvalue weighted by Crippen LogP contribution is 2.30. The van der Waals surface area contributed by atoms with Gasteiger partial charge in [0.05, 0.1) is 20.3 Å². The monoisotopic (exact) mass is 434 g/mol. The molecule has 1 N–H and O–H groups in total. The van der Waals surface area contributed by atoms with Gasteiger partial charge < -0.3 is 19.5 Å². The van der Waals surface area contributed by atoms with Gasteiger partial charge in [0.2, 0.25) is 10.0 Å². The van der Waals surface area contributed by atoms with Crippen molar-refractivity contribution in [3.63, 3.8) is 0 Å². The Hall–Kier alpha value is -2.62. The number of sulfonamides is 1. The molecule has 1 aliphatic heterocycles. The van der Waals surface area contributed by atoms with Gasteiger partial charge in [-0.05, 0) is 49.7 Å². The molecule has 30 heavy (non-hydrogen) atoms. The molecule has 0 aromatic heterocycles. The molecule has 3 rings (SSSR count). The van der Waals surface area contributed by atoms with Crippen molar-refractivity contribution in [3.8, 4) is 11.5 Å². The van der Waals surface area contributed by atoms with Gasteiger partial charge >= 0.3 is 0 Å². The number of nitrogens with one attached hydrogen (secondary N) is 1. The number of rotatable bonds is 7. The first-order valence-electron chi connectivity index (χ1n) is 9.61. The van der Waals surface area contributed by atoms with Gasteiger partial charge in [-0.1, -0.05) is 12.1 Å². The van der Waals surface area contributed by atoms with E-state index in [0.717, 1.165) is 5.56 Å². The van der Waals surface area contributed by atoms with Gasteiger partial charge in [-0.3, -0.25) is 4.79 Å². The van der Waals surface area contributed by atoms with Crippen LogP contribution in [0, 0.1) is 6.92 Å². The van der Waals surface area contributed by atoms with Crippen LogP contribution in [0.2, 0.25) is 0 Å². The molecule has 0 aliphatic carbocycles. The number of methoxy groups -OCH3 is 1. The van der Waals surface area contributed by atoms with Gasteiger partial charge in [0.15, 0.2) is 6.10 Å². The molecule has 1 aliphatic rings. The third-order valence-corrected chi connectivity index (χ3v) is 6.61. The maximum Gasteiger partial charge on any atom is 0.265 e. The van der Waals surface area contributed by atoms with Crippen LogP contribution < -0.4 is 14.8 Å². The van der Waals surface area contributed by atoms with E-state index >= 15 is 0 Å². The first-order chi connectivity index (χ1) is 14.3. The summed E-state index contributed by atoms with van der Waals surface area (Å²) in [4.78, 5) is 12.6. The summed E-state index contributed by atoms with van der Waals surface area (Å²) in [6, 6.07) is 11.9. The minimum atomic E-state index is -3.79. The van der Waals surface area contributed by atoms with Gasteiger partial charge in [0.25, 0.3) is 5.91 Å². The van der Waals surface area contributed by atoms with E-state index in [0.29, 0.717) is 24.7 Å². The molecule has 1 amide bonds. The third kappa shape index (κ3) is 5.10. The molecule has 0 radical (unpaired) electrons. The van der Waals surface area contributed by atoms with Crippen LogP contribution in [0.3, 0.4) is 0 Å². The Bertz CT molecular complexity index is 1000. The molecular formula is C21H26N2O6S. The van der Waals surface area contributed by atoms with Crippen molar-refractivity contribution in [2.75, 3.05) is 38.7 Å². The normalized spacial score (nSPS) is 16.0. The fourth-order valence-electron chi connectivity index (χ4n) is 3.07. The summed E-state index contributed by atoms with van der Waals surface area (Å²) in [6.45, 7) is 4.78. The summed E-state index contributed by atoms with van der Waals surface area (Å²) < 4.78 is 43.7. The number of benzene rings is 2. The van der Waals surface area contributed by atoms with Crippen molar-refractivity contribution < 1.29 is 27.4 Å². The van der Waals surface area contributed by atoms with Gasteiger partial charge in [0, 0.05) is 18.8 Å². The Morgan fingerprint density at radius 2 is 1.90 bits per heavy atom. The van der Waals surface area contributed by atoms with Crippen molar-refractivity contribution in [2.45, 2.75) is 24.8 Å². The summed E-state index contributed by atoms with van der Waals surface area (Å²) in [6.07, 6.45) is -0.770. The highest BCUT2D eigenvalue weighted by molar-refractivity contribution is 7.89. The van der Waals surface area contributed by atoms with Crippen LogP contribution in [0.5, 0.6) is 11.5 Å². The lowest BCUT2D eigenvalue weighted by molar-refractivity contribution is -0.122. The standard InChI is InChI=1S/C21H26N2O6S/c1-15-5-4-6-18(13-15)29-16(2)21(24)22-17-7-8-19(27-3)20(14-17)30(25,26)23-9-11-28-12-10-23/h4-8,13-14,16H,9-12H2,1-3H3,(H,22,24)/t16-/m0/s1. The number of carbonyl (C=O) groups excluding carboxylic acids is 1. The number of hydrogen-bond acceptors (Lipinski definition) is 6. The van der Waals surface area contributed by atoms with E-state index in [-0.39, 0.29) is 23.7 Å². The lowest BCUT2D eigenvalue weighted by atomic mass is 10.2. The zero-order valence-corrected chi connectivity index (χ0v) is 18.1. The van der Waals surface area contributed by atoms with Crippen molar-refractivity contribution in [3.05, 3.63) is 48.0 Å². The van der Waals surface area contributed by atoms with Gasteiger partial charge in [-0.15, -0.1) is 0 Å². The first kappa shape index (κ1) is 22.1. The lowest BCUT2D eigenvalue weighted by Gasteiger charge is -2.27. The predicted octanol–water partition coefficient (Wildman–Crippen LogP) is 2.43. The van der Waals surface area contributed by atoms with Crippen LogP contribution >= 0.6 is 0 Å². The van der Waals surface area contributed by atoms with Gasteiger partial charge in [-0.25, -0.2) is 8.42 Å². The average molecular weight is 435 g/mol.